The molecule has 0 bridgehead atoms. The van der Waals surface area contributed by atoms with Gasteiger partial charge in [0, 0.05) is 32.2 Å². The molecule has 9 heteroatoms. The van der Waals surface area contributed by atoms with Crippen LogP contribution >= 0.6 is 0 Å². The lowest BCUT2D eigenvalue weighted by atomic mass is 10.3. The minimum absolute atomic E-state index is 0.228. The maximum Gasteiger partial charge on any atom is 0.274 e. The highest BCUT2D eigenvalue weighted by Gasteiger charge is 2.28. The molecule has 0 aliphatic carbocycles. The molecule has 2 aromatic rings. The van der Waals surface area contributed by atoms with Crippen LogP contribution in [0, 0.1) is 0 Å². The number of rotatable bonds is 5. The molecule has 1 aromatic carbocycles. The van der Waals surface area contributed by atoms with Gasteiger partial charge in [0.25, 0.3) is 5.91 Å². The van der Waals surface area contributed by atoms with Gasteiger partial charge in [0.2, 0.25) is 15.9 Å². The molecule has 0 spiro atoms. The summed E-state index contributed by atoms with van der Waals surface area (Å²) in [6, 6.07) is 11.1. The summed E-state index contributed by atoms with van der Waals surface area (Å²) in [5, 5.41) is 4.41. The van der Waals surface area contributed by atoms with E-state index in [4.69, 9.17) is 4.74 Å². The monoisotopic (exact) mass is 378 g/mol. The van der Waals surface area contributed by atoms with Crippen LogP contribution in [0.1, 0.15) is 17.4 Å². The van der Waals surface area contributed by atoms with Crippen LogP contribution in [0.4, 0.5) is 0 Å². The summed E-state index contributed by atoms with van der Waals surface area (Å²) in [7, 11) is -3.23. The van der Waals surface area contributed by atoms with Gasteiger partial charge in [-0.05, 0) is 19.1 Å². The lowest BCUT2D eigenvalue weighted by molar-refractivity contribution is 0.0692. The zero-order valence-electron chi connectivity index (χ0n) is 14.8. The maximum atomic E-state index is 12.8. The number of ether oxygens (including phenoxy) is 1. The van der Waals surface area contributed by atoms with E-state index in [0.29, 0.717) is 38.7 Å². The van der Waals surface area contributed by atoms with Crippen LogP contribution in [0.15, 0.2) is 36.4 Å². The predicted octanol–water partition coefficient (Wildman–Crippen LogP) is 0.988. The van der Waals surface area contributed by atoms with E-state index >= 15 is 0 Å². The van der Waals surface area contributed by atoms with Crippen LogP contribution in [0.5, 0.6) is 5.88 Å². The number of piperazine rings is 1. The van der Waals surface area contributed by atoms with Gasteiger partial charge >= 0.3 is 0 Å². The summed E-state index contributed by atoms with van der Waals surface area (Å²) < 4.78 is 31.8. The fourth-order valence-electron chi connectivity index (χ4n) is 2.86. The zero-order valence-corrected chi connectivity index (χ0v) is 15.6. The van der Waals surface area contributed by atoms with Crippen LogP contribution in [0.2, 0.25) is 0 Å². The van der Waals surface area contributed by atoms with Gasteiger partial charge in [0.15, 0.2) is 5.69 Å². The number of benzene rings is 1. The van der Waals surface area contributed by atoms with Crippen LogP contribution in [-0.2, 0) is 10.0 Å². The molecular formula is C17H22N4O4S. The molecule has 1 aliphatic heterocycles. The van der Waals surface area contributed by atoms with Crippen molar-refractivity contribution in [1.82, 2.24) is 19.0 Å². The molecule has 3 rings (SSSR count). The lowest BCUT2D eigenvalue weighted by Crippen LogP contribution is -2.50. The Morgan fingerprint density at radius 3 is 2.38 bits per heavy atom. The first-order valence-corrected chi connectivity index (χ1v) is 10.3. The summed E-state index contributed by atoms with van der Waals surface area (Å²) in [5.41, 5.74) is 1.09. The number of carbonyl (C=O) groups excluding carboxylic acids is 1. The summed E-state index contributed by atoms with van der Waals surface area (Å²) in [4.78, 5) is 14.4. The second kappa shape index (κ2) is 7.46. The first-order valence-electron chi connectivity index (χ1n) is 8.43. The summed E-state index contributed by atoms with van der Waals surface area (Å²) in [6.45, 7) is 3.60. The number of aromatic nitrogens is 2. The highest BCUT2D eigenvalue weighted by atomic mass is 32.2. The van der Waals surface area contributed by atoms with Crippen molar-refractivity contribution in [3.05, 3.63) is 42.1 Å². The fourth-order valence-corrected chi connectivity index (χ4v) is 3.68. The third-order valence-corrected chi connectivity index (χ3v) is 5.49. The summed E-state index contributed by atoms with van der Waals surface area (Å²) >= 11 is 0. The maximum absolute atomic E-state index is 12.8. The van der Waals surface area contributed by atoms with Gasteiger partial charge in [0.1, 0.15) is 0 Å². The highest BCUT2D eigenvalue weighted by molar-refractivity contribution is 7.88. The fraction of sp³-hybridized carbons (Fsp3) is 0.412. The first-order chi connectivity index (χ1) is 12.4. The van der Waals surface area contributed by atoms with E-state index in [1.54, 1.807) is 15.6 Å². The molecule has 0 radical (unpaired) electrons. The Morgan fingerprint density at radius 1 is 1.15 bits per heavy atom. The molecule has 0 atom stereocenters. The van der Waals surface area contributed by atoms with Gasteiger partial charge in [-0.25, -0.2) is 13.1 Å². The molecule has 1 saturated heterocycles. The zero-order chi connectivity index (χ0) is 18.7. The molecule has 26 heavy (non-hydrogen) atoms. The largest absolute Gasteiger partial charge is 0.478 e. The molecule has 2 heterocycles. The smallest absolute Gasteiger partial charge is 0.274 e. The Hall–Kier alpha value is -2.39. The number of hydrogen-bond donors (Lipinski definition) is 0. The van der Waals surface area contributed by atoms with Crippen LogP contribution < -0.4 is 4.74 Å². The average Bonchev–Trinajstić information content (AvgIpc) is 3.05. The Bertz CT molecular complexity index is 871. The topological polar surface area (TPSA) is 84.7 Å². The van der Waals surface area contributed by atoms with Gasteiger partial charge < -0.3 is 9.64 Å². The van der Waals surface area contributed by atoms with Crippen molar-refractivity contribution in [1.29, 1.82) is 0 Å². The Balaban J connectivity index is 1.80. The lowest BCUT2D eigenvalue weighted by Gasteiger charge is -2.32. The molecule has 1 aromatic heterocycles. The van der Waals surface area contributed by atoms with Crippen molar-refractivity contribution in [2.75, 3.05) is 39.0 Å². The number of carbonyl (C=O) groups is 1. The van der Waals surface area contributed by atoms with E-state index < -0.39 is 10.0 Å². The SMILES string of the molecule is CCOc1cc(C(=O)N2CCN(S(C)(=O)=O)CC2)nn1-c1ccccc1. The molecule has 0 N–H and O–H groups in total. The van der Waals surface area contributed by atoms with Gasteiger partial charge in [-0.1, -0.05) is 18.2 Å². The van der Waals surface area contributed by atoms with Crippen LogP contribution in [0.3, 0.4) is 0 Å². The van der Waals surface area contributed by atoms with E-state index in [0.717, 1.165) is 5.69 Å². The number of nitrogens with zero attached hydrogens (tertiary/aromatic N) is 4. The van der Waals surface area contributed by atoms with Gasteiger partial charge in [-0.2, -0.15) is 9.40 Å². The van der Waals surface area contributed by atoms with Crippen molar-refractivity contribution in [3.63, 3.8) is 0 Å². The van der Waals surface area contributed by atoms with Gasteiger partial charge in [-0.3, -0.25) is 4.79 Å². The number of para-hydroxylation sites is 1. The van der Waals surface area contributed by atoms with E-state index in [9.17, 15) is 13.2 Å². The Kier molecular flexibility index (Phi) is 5.28. The molecule has 140 valence electrons. The normalized spacial score (nSPS) is 15.8. The van der Waals surface area contributed by atoms with Gasteiger partial charge in [0.05, 0.1) is 18.6 Å². The second-order valence-corrected chi connectivity index (χ2v) is 7.98. The molecule has 1 amide bonds. The summed E-state index contributed by atoms with van der Waals surface area (Å²) in [5.74, 6) is 0.269. The van der Waals surface area contributed by atoms with Crippen LogP contribution in [-0.4, -0.2) is 72.4 Å². The molecular weight excluding hydrogens is 356 g/mol. The molecule has 0 unspecified atom stereocenters. The molecule has 0 saturated carbocycles. The minimum atomic E-state index is -3.23. The second-order valence-electron chi connectivity index (χ2n) is 6.00. The van der Waals surface area contributed by atoms with Crippen LogP contribution in [0.25, 0.3) is 5.69 Å². The number of amides is 1. The Morgan fingerprint density at radius 2 is 1.81 bits per heavy atom. The van der Waals surface area contributed by atoms with Crippen molar-refractivity contribution in [3.8, 4) is 11.6 Å². The van der Waals surface area contributed by atoms with E-state index in [1.165, 1.54) is 10.6 Å². The average molecular weight is 378 g/mol. The van der Waals surface area contributed by atoms with E-state index in [1.807, 2.05) is 37.3 Å². The Labute approximate surface area is 153 Å². The number of hydrogen-bond acceptors (Lipinski definition) is 5. The first kappa shape index (κ1) is 18.4. The third-order valence-electron chi connectivity index (χ3n) is 4.18. The molecule has 1 aliphatic rings. The van der Waals surface area contributed by atoms with Crippen molar-refractivity contribution in [2.45, 2.75) is 6.92 Å². The minimum Gasteiger partial charge on any atom is -0.478 e. The molecule has 8 nitrogen and oxygen atoms in total. The standard InChI is InChI=1S/C17H22N4O4S/c1-3-25-16-13-15(18-21(16)14-7-5-4-6-8-14)17(22)19-9-11-20(12-10-19)26(2,23)24/h4-8,13H,3,9-12H2,1-2H3. The predicted molar refractivity (Wildman–Crippen MR) is 97.1 cm³/mol. The van der Waals surface area contributed by atoms with Crippen molar-refractivity contribution < 1.29 is 17.9 Å². The third kappa shape index (κ3) is 3.88. The molecule has 1 fully saturated rings. The van der Waals surface area contributed by atoms with E-state index in [2.05, 4.69) is 5.10 Å². The van der Waals surface area contributed by atoms with E-state index in [-0.39, 0.29) is 11.6 Å². The number of sulfonamides is 1. The highest BCUT2D eigenvalue weighted by Crippen LogP contribution is 2.21. The van der Waals surface area contributed by atoms with Crippen molar-refractivity contribution >= 4 is 15.9 Å². The van der Waals surface area contributed by atoms with Crippen molar-refractivity contribution in [2.24, 2.45) is 0 Å². The van der Waals surface area contributed by atoms with Gasteiger partial charge in [-0.15, -0.1) is 0 Å². The quantitative estimate of drug-likeness (QED) is 0.775. The summed E-state index contributed by atoms with van der Waals surface area (Å²) in [6.07, 6.45) is 1.18.